The standard InChI is InChI=1S/C19H18N2O/c1-2-7-16(8-3-1)18-12-20-19(22-18)14-21-11-10-15-6-4-5-9-17(15)13-21/h1-9,12H,10-11,13-14H2/p+1. The summed E-state index contributed by atoms with van der Waals surface area (Å²) in [7, 11) is 0. The van der Waals surface area contributed by atoms with Crippen LogP contribution in [0.3, 0.4) is 0 Å². The largest absolute Gasteiger partial charge is 0.435 e. The molecule has 4 rings (SSSR count). The summed E-state index contributed by atoms with van der Waals surface area (Å²) in [6.07, 6.45) is 2.97. The molecule has 2 aromatic carbocycles. The molecule has 3 aromatic rings. The van der Waals surface area contributed by atoms with Gasteiger partial charge in [0.25, 0.3) is 5.89 Å². The summed E-state index contributed by atoms with van der Waals surface area (Å²) in [5, 5.41) is 0. The van der Waals surface area contributed by atoms with Crippen LogP contribution in [0, 0.1) is 0 Å². The Labute approximate surface area is 130 Å². The predicted octanol–water partition coefficient (Wildman–Crippen LogP) is 2.48. The van der Waals surface area contributed by atoms with Crippen LogP contribution in [0.15, 0.2) is 65.2 Å². The number of rotatable bonds is 3. The van der Waals surface area contributed by atoms with E-state index in [-0.39, 0.29) is 0 Å². The van der Waals surface area contributed by atoms with Crippen LogP contribution in [0.4, 0.5) is 0 Å². The number of quaternary nitrogens is 1. The van der Waals surface area contributed by atoms with E-state index in [0.29, 0.717) is 0 Å². The minimum absolute atomic E-state index is 0.827. The van der Waals surface area contributed by atoms with Crippen molar-refractivity contribution in [1.29, 1.82) is 0 Å². The summed E-state index contributed by atoms with van der Waals surface area (Å²) in [6.45, 7) is 3.04. The van der Waals surface area contributed by atoms with Gasteiger partial charge in [0, 0.05) is 17.5 Å². The van der Waals surface area contributed by atoms with Crippen molar-refractivity contribution >= 4 is 0 Å². The van der Waals surface area contributed by atoms with Gasteiger partial charge >= 0.3 is 0 Å². The van der Waals surface area contributed by atoms with Crippen molar-refractivity contribution in [2.75, 3.05) is 6.54 Å². The number of hydrogen-bond acceptors (Lipinski definition) is 2. The van der Waals surface area contributed by atoms with Gasteiger partial charge in [0.05, 0.1) is 12.7 Å². The molecule has 0 saturated carbocycles. The molecule has 0 amide bonds. The van der Waals surface area contributed by atoms with Crippen molar-refractivity contribution in [1.82, 2.24) is 4.98 Å². The number of nitrogens with one attached hydrogen (secondary N) is 1. The molecule has 0 saturated heterocycles. The van der Waals surface area contributed by atoms with Gasteiger partial charge < -0.3 is 9.32 Å². The van der Waals surface area contributed by atoms with Crippen molar-refractivity contribution in [3.8, 4) is 11.3 Å². The Kier molecular flexibility index (Phi) is 3.49. The number of aromatic nitrogens is 1. The second-order valence-corrected chi connectivity index (χ2v) is 5.86. The third kappa shape index (κ3) is 2.68. The van der Waals surface area contributed by atoms with Crippen LogP contribution in [0.2, 0.25) is 0 Å². The first-order chi connectivity index (χ1) is 10.9. The highest BCUT2D eigenvalue weighted by molar-refractivity contribution is 5.55. The predicted molar refractivity (Wildman–Crippen MR) is 85.3 cm³/mol. The van der Waals surface area contributed by atoms with E-state index in [1.54, 1.807) is 0 Å². The molecule has 1 aliphatic heterocycles. The minimum Gasteiger partial charge on any atom is -0.435 e. The zero-order valence-electron chi connectivity index (χ0n) is 12.5. The molecule has 110 valence electrons. The van der Waals surface area contributed by atoms with Crippen LogP contribution in [0.5, 0.6) is 0 Å². The van der Waals surface area contributed by atoms with Crippen LogP contribution >= 0.6 is 0 Å². The molecule has 1 unspecified atom stereocenters. The quantitative estimate of drug-likeness (QED) is 0.803. The lowest BCUT2D eigenvalue weighted by Crippen LogP contribution is -3.10. The average Bonchev–Trinajstić information content (AvgIpc) is 3.04. The Hall–Kier alpha value is -2.39. The third-order valence-electron chi connectivity index (χ3n) is 4.32. The maximum Gasteiger partial charge on any atom is 0.250 e. The maximum atomic E-state index is 5.93. The molecule has 2 heterocycles. The van der Waals surface area contributed by atoms with E-state index in [1.807, 2.05) is 36.5 Å². The topological polar surface area (TPSA) is 30.5 Å². The van der Waals surface area contributed by atoms with Crippen molar-refractivity contribution < 1.29 is 9.32 Å². The van der Waals surface area contributed by atoms with E-state index >= 15 is 0 Å². The summed E-state index contributed by atoms with van der Waals surface area (Å²) in [5.41, 5.74) is 4.03. The van der Waals surface area contributed by atoms with E-state index < -0.39 is 0 Å². The lowest BCUT2D eigenvalue weighted by Gasteiger charge is -2.24. The molecule has 3 heteroatoms. The van der Waals surface area contributed by atoms with Crippen LogP contribution in [-0.2, 0) is 19.5 Å². The van der Waals surface area contributed by atoms with E-state index in [1.165, 1.54) is 16.0 Å². The van der Waals surface area contributed by atoms with E-state index in [4.69, 9.17) is 4.42 Å². The summed E-state index contributed by atoms with van der Waals surface area (Å²) in [6, 6.07) is 18.9. The minimum atomic E-state index is 0.827. The zero-order valence-corrected chi connectivity index (χ0v) is 12.5. The zero-order chi connectivity index (χ0) is 14.8. The van der Waals surface area contributed by atoms with E-state index in [2.05, 4.69) is 29.2 Å². The summed E-state index contributed by atoms with van der Waals surface area (Å²) >= 11 is 0. The van der Waals surface area contributed by atoms with Gasteiger partial charge in [-0.3, -0.25) is 0 Å². The third-order valence-corrected chi connectivity index (χ3v) is 4.32. The fraction of sp³-hybridized carbons (Fsp3) is 0.211. The van der Waals surface area contributed by atoms with Gasteiger partial charge in [0.15, 0.2) is 12.3 Å². The van der Waals surface area contributed by atoms with E-state index in [9.17, 15) is 0 Å². The number of fused-ring (bicyclic) bond motifs is 1. The fourth-order valence-electron chi connectivity index (χ4n) is 3.14. The van der Waals surface area contributed by atoms with Gasteiger partial charge in [-0.15, -0.1) is 0 Å². The summed E-state index contributed by atoms with van der Waals surface area (Å²) in [4.78, 5) is 5.97. The summed E-state index contributed by atoms with van der Waals surface area (Å²) in [5.74, 6) is 1.68. The first-order valence-electron chi connectivity index (χ1n) is 7.79. The first-order valence-corrected chi connectivity index (χ1v) is 7.79. The Morgan fingerprint density at radius 2 is 1.73 bits per heavy atom. The normalized spacial score (nSPS) is 17.2. The van der Waals surface area contributed by atoms with Gasteiger partial charge in [-0.25, -0.2) is 4.98 Å². The fourth-order valence-corrected chi connectivity index (χ4v) is 3.14. The van der Waals surface area contributed by atoms with Gasteiger partial charge in [0.1, 0.15) is 6.54 Å². The molecular weight excluding hydrogens is 272 g/mol. The number of nitrogens with zero attached hydrogens (tertiary/aromatic N) is 1. The second-order valence-electron chi connectivity index (χ2n) is 5.86. The highest BCUT2D eigenvalue weighted by Crippen LogP contribution is 2.19. The van der Waals surface area contributed by atoms with Crippen LogP contribution in [0.1, 0.15) is 17.0 Å². The van der Waals surface area contributed by atoms with Gasteiger partial charge in [0.2, 0.25) is 0 Å². The van der Waals surface area contributed by atoms with Crippen LogP contribution in [0.25, 0.3) is 11.3 Å². The molecule has 0 aliphatic carbocycles. The second kappa shape index (κ2) is 5.78. The van der Waals surface area contributed by atoms with Crippen molar-refractivity contribution in [3.05, 3.63) is 77.8 Å². The van der Waals surface area contributed by atoms with Gasteiger partial charge in [-0.05, 0) is 5.56 Å². The molecule has 0 radical (unpaired) electrons. The Morgan fingerprint density at radius 3 is 2.59 bits per heavy atom. The first kappa shape index (κ1) is 13.3. The molecule has 3 nitrogen and oxygen atoms in total. The highest BCUT2D eigenvalue weighted by Gasteiger charge is 2.21. The Balaban J connectivity index is 1.48. The lowest BCUT2D eigenvalue weighted by molar-refractivity contribution is -0.930. The highest BCUT2D eigenvalue weighted by atomic mass is 16.4. The molecule has 0 bridgehead atoms. The lowest BCUT2D eigenvalue weighted by atomic mass is 10.00. The van der Waals surface area contributed by atoms with Gasteiger partial charge in [-0.1, -0.05) is 54.6 Å². The molecule has 0 spiro atoms. The molecule has 0 fully saturated rings. The van der Waals surface area contributed by atoms with Crippen molar-refractivity contribution in [2.24, 2.45) is 0 Å². The van der Waals surface area contributed by atoms with Crippen molar-refractivity contribution in [3.63, 3.8) is 0 Å². The average molecular weight is 291 g/mol. The van der Waals surface area contributed by atoms with Gasteiger partial charge in [-0.2, -0.15) is 0 Å². The summed E-state index contributed by atoms with van der Waals surface area (Å²) < 4.78 is 5.93. The monoisotopic (exact) mass is 291 g/mol. The maximum absolute atomic E-state index is 5.93. The number of benzene rings is 2. The van der Waals surface area contributed by atoms with Crippen LogP contribution < -0.4 is 4.90 Å². The molecule has 1 atom stereocenters. The molecular formula is C19H19N2O+. The number of oxazole rings is 1. The number of hydrogen-bond donors (Lipinski definition) is 1. The Bertz CT molecular complexity index is 764. The Morgan fingerprint density at radius 1 is 0.955 bits per heavy atom. The van der Waals surface area contributed by atoms with Crippen molar-refractivity contribution in [2.45, 2.75) is 19.5 Å². The molecule has 1 N–H and O–H groups in total. The smallest absolute Gasteiger partial charge is 0.250 e. The van der Waals surface area contributed by atoms with E-state index in [0.717, 1.165) is 43.3 Å². The molecule has 1 aliphatic rings. The molecule has 22 heavy (non-hydrogen) atoms. The SMILES string of the molecule is c1ccc(-c2cnc(C[NH+]3CCc4ccccc4C3)o2)cc1. The van der Waals surface area contributed by atoms with Crippen LogP contribution in [-0.4, -0.2) is 11.5 Å². The molecule has 1 aromatic heterocycles.